The van der Waals surface area contributed by atoms with Crippen molar-refractivity contribution in [2.45, 2.75) is 52.6 Å². The molecule has 2 aromatic rings. The number of nitrogens with zero attached hydrogens (tertiary/aromatic N) is 3. The third-order valence-corrected chi connectivity index (χ3v) is 6.37. The first kappa shape index (κ1) is 19.7. The summed E-state index contributed by atoms with van der Waals surface area (Å²) >= 11 is 0. The molecular formula is C22H29N3O4. The summed E-state index contributed by atoms with van der Waals surface area (Å²) < 4.78 is 12.0. The molecule has 2 bridgehead atoms. The Labute approximate surface area is 170 Å². The summed E-state index contributed by atoms with van der Waals surface area (Å²) in [7, 11) is 3.06. The number of hydrogen-bond acceptors (Lipinski definition) is 5. The quantitative estimate of drug-likeness (QED) is 0.790. The predicted octanol–water partition coefficient (Wildman–Crippen LogP) is 2.84. The number of rotatable bonds is 4. The summed E-state index contributed by atoms with van der Waals surface area (Å²) in [5.74, 6) is 0.965. The number of benzene rings is 1. The molecular weight excluding hydrogens is 370 g/mol. The van der Waals surface area contributed by atoms with Crippen LogP contribution in [-0.4, -0.2) is 47.2 Å². The molecule has 156 valence electrons. The molecule has 4 rings (SSSR count). The summed E-state index contributed by atoms with van der Waals surface area (Å²) in [6.07, 6.45) is 4.63. The Morgan fingerprint density at radius 1 is 1.17 bits per heavy atom. The molecule has 1 aromatic heterocycles. The summed E-state index contributed by atoms with van der Waals surface area (Å²) in [6.45, 7) is 7.61. The fourth-order valence-electron chi connectivity index (χ4n) is 5.59. The van der Waals surface area contributed by atoms with Gasteiger partial charge in [-0.3, -0.25) is 14.2 Å². The Morgan fingerprint density at radius 3 is 2.55 bits per heavy atom. The van der Waals surface area contributed by atoms with E-state index in [2.05, 4.69) is 25.8 Å². The summed E-state index contributed by atoms with van der Waals surface area (Å²) in [5, 5.41) is 0.409. The second-order valence-electron chi connectivity index (χ2n) is 9.64. The van der Waals surface area contributed by atoms with Gasteiger partial charge in [-0.05, 0) is 36.2 Å². The van der Waals surface area contributed by atoms with E-state index in [0.717, 1.165) is 25.8 Å². The maximum absolute atomic E-state index is 13.1. The minimum Gasteiger partial charge on any atom is -0.493 e. The standard InChI is InChI=1S/C22H29N3O4/c1-21(2)8-14-9-22(3,11-21)12-25(14)19(26)10-24-13-23-16-7-18(29-5)17(28-4)6-15(16)20(24)27/h6-7,13-14H,8-12H2,1-5H3/t14-,22-/m0/s1. The monoisotopic (exact) mass is 399 g/mol. The summed E-state index contributed by atoms with van der Waals surface area (Å²) in [5.41, 5.74) is 0.669. The molecule has 1 amide bonds. The van der Waals surface area contributed by atoms with Crippen LogP contribution in [0.2, 0.25) is 0 Å². The van der Waals surface area contributed by atoms with Gasteiger partial charge in [-0.25, -0.2) is 4.98 Å². The number of carbonyl (C=O) groups is 1. The van der Waals surface area contributed by atoms with Gasteiger partial charge in [-0.2, -0.15) is 0 Å². The van der Waals surface area contributed by atoms with E-state index in [-0.39, 0.29) is 34.9 Å². The Bertz CT molecular complexity index is 1030. The van der Waals surface area contributed by atoms with E-state index < -0.39 is 0 Å². The first-order valence-electron chi connectivity index (χ1n) is 10.1. The Balaban J connectivity index is 1.62. The minimum absolute atomic E-state index is 0.00310. The second-order valence-corrected chi connectivity index (χ2v) is 9.64. The number of carbonyl (C=O) groups excluding carboxylic acids is 1. The first-order valence-corrected chi connectivity index (χ1v) is 10.1. The molecule has 2 atom stereocenters. The van der Waals surface area contributed by atoms with Gasteiger partial charge >= 0.3 is 0 Å². The lowest BCUT2D eigenvalue weighted by molar-refractivity contribution is -0.133. The predicted molar refractivity (Wildman–Crippen MR) is 110 cm³/mol. The van der Waals surface area contributed by atoms with E-state index in [4.69, 9.17) is 9.47 Å². The Kier molecular flexibility index (Phi) is 4.59. The zero-order chi connectivity index (χ0) is 21.0. The third kappa shape index (κ3) is 3.47. The molecule has 7 heteroatoms. The molecule has 0 N–H and O–H groups in total. The SMILES string of the molecule is COc1cc2ncn(CC(=O)N3C[C@@]4(C)C[C@@H]3CC(C)(C)C4)c(=O)c2cc1OC. The first-order chi connectivity index (χ1) is 13.6. The molecule has 1 saturated carbocycles. The highest BCUT2D eigenvalue weighted by Crippen LogP contribution is 2.52. The zero-order valence-corrected chi connectivity index (χ0v) is 17.8. The third-order valence-electron chi connectivity index (χ3n) is 6.37. The van der Waals surface area contributed by atoms with Crippen LogP contribution in [0.15, 0.2) is 23.3 Å². The zero-order valence-electron chi connectivity index (χ0n) is 17.8. The highest BCUT2D eigenvalue weighted by molar-refractivity contribution is 5.82. The van der Waals surface area contributed by atoms with Crippen LogP contribution in [0.25, 0.3) is 10.9 Å². The lowest BCUT2D eigenvalue weighted by Gasteiger charge is -2.39. The molecule has 2 fully saturated rings. The van der Waals surface area contributed by atoms with Crippen LogP contribution in [0.4, 0.5) is 0 Å². The van der Waals surface area contributed by atoms with Crippen molar-refractivity contribution in [3.05, 3.63) is 28.8 Å². The van der Waals surface area contributed by atoms with Crippen molar-refractivity contribution in [3.63, 3.8) is 0 Å². The largest absolute Gasteiger partial charge is 0.493 e. The van der Waals surface area contributed by atoms with Gasteiger partial charge in [0.25, 0.3) is 5.56 Å². The van der Waals surface area contributed by atoms with Crippen LogP contribution in [-0.2, 0) is 11.3 Å². The van der Waals surface area contributed by atoms with E-state index in [9.17, 15) is 9.59 Å². The van der Waals surface area contributed by atoms with E-state index in [0.29, 0.717) is 22.4 Å². The number of amides is 1. The van der Waals surface area contributed by atoms with Crippen molar-refractivity contribution in [2.24, 2.45) is 10.8 Å². The van der Waals surface area contributed by atoms with Crippen LogP contribution in [0.5, 0.6) is 11.5 Å². The fraction of sp³-hybridized carbons (Fsp3) is 0.591. The van der Waals surface area contributed by atoms with E-state index in [1.165, 1.54) is 25.1 Å². The minimum atomic E-state index is -0.252. The molecule has 0 radical (unpaired) electrons. The van der Waals surface area contributed by atoms with Crippen LogP contribution < -0.4 is 15.0 Å². The van der Waals surface area contributed by atoms with Crippen molar-refractivity contribution in [1.29, 1.82) is 0 Å². The maximum Gasteiger partial charge on any atom is 0.261 e. The number of methoxy groups -OCH3 is 2. The number of ether oxygens (including phenoxy) is 2. The van der Waals surface area contributed by atoms with Crippen molar-refractivity contribution < 1.29 is 14.3 Å². The average Bonchev–Trinajstić information content (AvgIpc) is 2.91. The van der Waals surface area contributed by atoms with E-state index in [1.807, 2.05) is 4.90 Å². The van der Waals surface area contributed by atoms with Crippen molar-refractivity contribution >= 4 is 16.8 Å². The van der Waals surface area contributed by atoms with Crippen molar-refractivity contribution in [1.82, 2.24) is 14.5 Å². The molecule has 0 spiro atoms. The van der Waals surface area contributed by atoms with Gasteiger partial charge in [0.1, 0.15) is 6.54 Å². The molecule has 29 heavy (non-hydrogen) atoms. The molecule has 1 aliphatic carbocycles. The maximum atomic E-state index is 13.1. The van der Waals surface area contributed by atoms with Crippen LogP contribution >= 0.6 is 0 Å². The smallest absolute Gasteiger partial charge is 0.261 e. The molecule has 2 heterocycles. The molecule has 7 nitrogen and oxygen atoms in total. The second kappa shape index (κ2) is 6.75. The molecule has 1 aromatic carbocycles. The molecule has 2 aliphatic rings. The van der Waals surface area contributed by atoms with Crippen molar-refractivity contribution in [3.8, 4) is 11.5 Å². The summed E-state index contributed by atoms with van der Waals surface area (Å²) in [4.78, 5) is 32.5. The Morgan fingerprint density at radius 2 is 1.86 bits per heavy atom. The van der Waals surface area contributed by atoms with Gasteiger partial charge < -0.3 is 14.4 Å². The number of aromatic nitrogens is 2. The van der Waals surface area contributed by atoms with Crippen LogP contribution in [0.3, 0.4) is 0 Å². The number of likely N-dealkylation sites (tertiary alicyclic amines) is 1. The molecule has 0 unspecified atom stereocenters. The number of hydrogen-bond donors (Lipinski definition) is 0. The van der Waals surface area contributed by atoms with Gasteiger partial charge in [0, 0.05) is 18.7 Å². The topological polar surface area (TPSA) is 73.7 Å². The van der Waals surface area contributed by atoms with Crippen LogP contribution in [0, 0.1) is 10.8 Å². The van der Waals surface area contributed by atoms with E-state index >= 15 is 0 Å². The highest BCUT2D eigenvalue weighted by Gasteiger charge is 2.50. The van der Waals surface area contributed by atoms with Crippen LogP contribution in [0.1, 0.15) is 40.0 Å². The van der Waals surface area contributed by atoms with Gasteiger partial charge in [0.2, 0.25) is 5.91 Å². The number of fused-ring (bicyclic) bond motifs is 3. The highest BCUT2D eigenvalue weighted by atomic mass is 16.5. The fourth-order valence-corrected chi connectivity index (χ4v) is 5.59. The average molecular weight is 399 g/mol. The van der Waals surface area contributed by atoms with E-state index in [1.54, 1.807) is 12.1 Å². The lowest BCUT2D eigenvalue weighted by Crippen LogP contribution is -2.40. The van der Waals surface area contributed by atoms with Crippen molar-refractivity contribution in [2.75, 3.05) is 20.8 Å². The van der Waals surface area contributed by atoms with Gasteiger partial charge in [-0.1, -0.05) is 20.8 Å². The lowest BCUT2D eigenvalue weighted by atomic mass is 9.65. The van der Waals surface area contributed by atoms with Gasteiger partial charge in [-0.15, -0.1) is 0 Å². The normalized spacial score (nSPS) is 25.3. The molecule has 1 aliphatic heterocycles. The summed E-state index contributed by atoms with van der Waals surface area (Å²) in [6, 6.07) is 3.55. The Hall–Kier alpha value is -2.57. The van der Waals surface area contributed by atoms with Gasteiger partial charge in [0.15, 0.2) is 11.5 Å². The van der Waals surface area contributed by atoms with Gasteiger partial charge in [0.05, 0.1) is 31.4 Å². The molecule has 1 saturated heterocycles.